The average molecular weight is 252 g/mol. The number of pyridine rings is 1. The third kappa shape index (κ3) is 2.00. The van der Waals surface area contributed by atoms with Crippen molar-refractivity contribution in [3.05, 3.63) is 48.3 Å². The van der Waals surface area contributed by atoms with E-state index in [0.717, 1.165) is 34.5 Å². The fourth-order valence-electron chi connectivity index (χ4n) is 2.31. The standard InChI is InChI=1S/C15H16N4/c1-2-19-14-7-8-17-10-13(14)18-15(19)12-5-3-11(9-16)4-6-12/h3-8,10H,2,9,16H2,1H3. The van der Waals surface area contributed by atoms with Gasteiger partial charge in [0.05, 0.1) is 11.7 Å². The summed E-state index contributed by atoms with van der Waals surface area (Å²) >= 11 is 0. The molecule has 0 bridgehead atoms. The highest BCUT2D eigenvalue weighted by atomic mass is 15.1. The van der Waals surface area contributed by atoms with E-state index in [4.69, 9.17) is 5.73 Å². The maximum atomic E-state index is 5.63. The quantitative estimate of drug-likeness (QED) is 0.779. The number of hydrogen-bond donors (Lipinski definition) is 1. The summed E-state index contributed by atoms with van der Waals surface area (Å²) in [4.78, 5) is 8.81. The molecule has 0 saturated heterocycles. The molecule has 4 heteroatoms. The van der Waals surface area contributed by atoms with Gasteiger partial charge in [0.2, 0.25) is 0 Å². The van der Waals surface area contributed by atoms with Gasteiger partial charge >= 0.3 is 0 Å². The number of hydrogen-bond acceptors (Lipinski definition) is 3. The van der Waals surface area contributed by atoms with Crippen molar-refractivity contribution in [2.45, 2.75) is 20.0 Å². The molecule has 3 aromatic rings. The number of rotatable bonds is 3. The maximum Gasteiger partial charge on any atom is 0.141 e. The molecule has 1 aromatic carbocycles. The zero-order valence-electron chi connectivity index (χ0n) is 10.9. The van der Waals surface area contributed by atoms with Crippen molar-refractivity contribution >= 4 is 11.0 Å². The molecular formula is C15H16N4. The molecule has 96 valence electrons. The number of nitrogens with zero attached hydrogens (tertiary/aromatic N) is 3. The summed E-state index contributed by atoms with van der Waals surface area (Å²) in [5.41, 5.74) is 9.92. The molecule has 0 atom stereocenters. The SMILES string of the molecule is CCn1c(-c2ccc(CN)cc2)nc2cnccc21. The van der Waals surface area contributed by atoms with E-state index >= 15 is 0 Å². The predicted molar refractivity (Wildman–Crippen MR) is 76.5 cm³/mol. The third-order valence-corrected chi connectivity index (χ3v) is 3.31. The van der Waals surface area contributed by atoms with Gasteiger partial charge in [0.15, 0.2) is 0 Å². The molecule has 0 saturated carbocycles. The van der Waals surface area contributed by atoms with Crippen LogP contribution in [0.4, 0.5) is 0 Å². The zero-order valence-corrected chi connectivity index (χ0v) is 10.9. The van der Waals surface area contributed by atoms with Gasteiger partial charge in [-0.05, 0) is 18.6 Å². The molecule has 0 amide bonds. The third-order valence-electron chi connectivity index (χ3n) is 3.31. The summed E-state index contributed by atoms with van der Waals surface area (Å²) < 4.78 is 2.20. The van der Waals surface area contributed by atoms with E-state index in [1.807, 2.05) is 18.2 Å². The molecule has 3 rings (SSSR count). The van der Waals surface area contributed by atoms with E-state index < -0.39 is 0 Å². The highest BCUT2D eigenvalue weighted by Gasteiger charge is 2.10. The zero-order chi connectivity index (χ0) is 13.2. The number of benzene rings is 1. The van der Waals surface area contributed by atoms with Gasteiger partial charge < -0.3 is 10.3 Å². The van der Waals surface area contributed by atoms with Crippen LogP contribution in [-0.2, 0) is 13.1 Å². The van der Waals surface area contributed by atoms with E-state index in [2.05, 4.69) is 33.6 Å². The fraction of sp³-hybridized carbons (Fsp3) is 0.200. The van der Waals surface area contributed by atoms with Crippen LogP contribution in [0.3, 0.4) is 0 Å². The Morgan fingerprint density at radius 3 is 2.63 bits per heavy atom. The Bertz CT molecular complexity index is 698. The van der Waals surface area contributed by atoms with Gasteiger partial charge in [-0.3, -0.25) is 4.98 Å². The second-order valence-electron chi connectivity index (χ2n) is 4.45. The van der Waals surface area contributed by atoms with Crippen LogP contribution in [0.15, 0.2) is 42.7 Å². The van der Waals surface area contributed by atoms with Crippen molar-refractivity contribution in [3.63, 3.8) is 0 Å². The first-order chi connectivity index (χ1) is 9.33. The topological polar surface area (TPSA) is 56.7 Å². The number of fused-ring (bicyclic) bond motifs is 1. The molecule has 0 spiro atoms. The summed E-state index contributed by atoms with van der Waals surface area (Å²) in [5, 5.41) is 0. The van der Waals surface area contributed by atoms with Crippen molar-refractivity contribution in [2.75, 3.05) is 0 Å². The number of imidazole rings is 1. The van der Waals surface area contributed by atoms with Gasteiger partial charge in [-0.25, -0.2) is 4.98 Å². The largest absolute Gasteiger partial charge is 0.326 e. The molecule has 0 unspecified atom stereocenters. The normalized spacial score (nSPS) is 11.1. The number of aromatic nitrogens is 3. The van der Waals surface area contributed by atoms with Gasteiger partial charge in [-0.1, -0.05) is 24.3 Å². The van der Waals surface area contributed by atoms with E-state index in [1.54, 1.807) is 12.4 Å². The second kappa shape index (κ2) is 4.82. The minimum absolute atomic E-state index is 0.564. The summed E-state index contributed by atoms with van der Waals surface area (Å²) in [6, 6.07) is 10.2. The molecule has 0 aliphatic rings. The van der Waals surface area contributed by atoms with Gasteiger partial charge in [-0.15, -0.1) is 0 Å². The molecule has 19 heavy (non-hydrogen) atoms. The van der Waals surface area contributed by atoms with Crippen LogP contribution in [0.25, 0.3) is 22.4 Å². The average Bonchev–Trinajstić information content (AvgIpc) is 2.85. The molecule has 4 nitrogen and oxygen atoms in total. The first kappa shape index (κ1) is 11.9. The Labute approximate surface area is 111 Å². The van der Waals surface area contributed by atoms with Crippen LogP contribution in [0.2, 0.25) is 0 Å². The smallest absolute Gasteiger partial charge is 0.141 e. The fourth-order valence-corrected chi connectivity index (χ4v) is 2.31. The molecule has 2 aromatic heterocycles. The lowest BCUT2D eigenvalue weighted by molar-refractivity contribution is 0.796. The molecule has 0 aliphatic carbocycles. The van der Waals surface area contributed by atoms with Crippen LogP contribution in [-0.4, -0.2) is 14.5 Å². The first-order valence-electron chi connectivity index (χ1n) is 6.43. The molecule has 0 aliphatic heterocycles. The summed E-state index contributed by atoms with van der Waals surface area (Å²) in [6.45, 7) is 3.57. The van der Waals surface area contributed by atoms with Crippen molar-refractivity contribution < 1.29 is 0 Å². The van der Waals surface area contributed by atoms with Gasteiger partial charge in [0.1, 0.15) is 11.3 Å². The Morgan fingerprint density at radius 1 is 1.16 bits per heavy atom. The van der Waals surface area contributed by atoms with Crippen LogP contribution < -0.4 is 5.73 Å². The lowest BCUT2D eigenvalue weighted by Gasteiger charge is -2.06. The van der Waals surface area contributed by atoms with E-state index in [-0.39, 0.29) is 0 Å². The Balaban J connectivity index is 2.17. The maximum absolute atomic E-state index is 5.63. The highest BCUT2D eigenvalue weighted by molar-refractivity contribution is 5.79. The molecule has 2 heterocycles. The van der Waals surface area contributed by atoms with Crippen molar-refractivity contribution in [3.8, 4) is 11.4 Å². The van der Waals surface area contributed by atoms with Gasteiger partial charge in [0, 0.05) is 24.8 Å². The lowest BCUT2D eigenvalue weighted by Crippen LogP contribution is -1.99. The Kier molecular flexibility index (Phi) is 3.01. The van der Waals surface area contributed by atoms with Crippen molar-refractivity contribution in [2.24, 2.45) is 5.73 Å². The van der Waals surface area contributed by atoms with Crippen LogP contribution in [0.5, 0.6) is 0 Å². The van der Waals surface area contributed by atoms with Crippen molar-refractivity contribution in [1.82, 2.24) is 14.5 Å². The van der Waals surface area contributed by atoms with E-state index in [9.17, 15) is 0 Å². The van der Waals surface area contributed by atoms with E-state index in [1.165, 1.54) is 0 Å². The van der Waals surface area contributed by atoms with E-state index in [0.29, 0.717) is 6.54 Å². The van der Waals surface area contributed by atoms with Gasteiger partial charge in [-0.2, -0.15) is 0 Å². The van der Waals surface area contributed by atoms with Crippen molar-refractivity contribution in [1.29, 1.82) is 0 Å². The predicted octanol–water partition coefficient (Wildman–Crippen LogP) is 2.58. The lowest BCUT2D eigenvalue weighted by atomic mass is 10.1. The minimum atomic E-state index is 0.564. The Hall–Kier alpha value is -2.20. The highest BCUT2D eigenvalue weighted by Crippen LogP contribution is 2.24. The minimum Gasteiger partial charge on any atom is -0.326 e. The van der Waals surface area contributed by atoms with Crippen LogP contribution >= 0.6 is 0 Å². The van der Waals surface area contributed by atoms with Crippen LogP contribution in [0, 0.1) is 0 Å². The molecule has 0 radical (unpaired) electrons. The van der Waals surface area contributed by atoms with Crippen LogP contribution in [0.1, 0.15) is 12.5 Å². The number of nitrogens with two attached hydrogens (primary N) is 1. The molecular weight excluding hydrogens is 236 g/mol. The monoisotopic (exact) mass is 252 g/mol. The second-order valence-corrected chi connectivity index (χ2v) is 4.45. The molecule has 0 fully saturated rings. The number of aryl methyl sites for hydroxylation is 1. The first-order valence-corrected chi connectivity index (χ1v) is 6.43. The summed E-state index contributed by atoms with van der Waals surface area (Å²) in [6.07, 6.45) is 3.61. The molecule has 2 N–H and O–H groups in total. The Morgan fingerprint density at radius 2 is 1.95 bits per heavy atom. The summed E-state index contributed by atoms with van der Waals surface area (Å²) in [5.74, 6) is 0.981. The van der Waals surface area contributed by atoms with Gasteiger partial charge in [0.25, 0.3) is 0 Å². The summed E-state index contributed by atoms with van der Waals surface area (Å²) in [7, 11) is 0.